The molecule has 0 aliphatic heterocycles. The van der Waals surface area contributed by atoms with Crippen LogP contribution in [0.1, 0.15) is 18.1 Å². The predicted molar refractivity (Wildman–Crippen MR) is 72.0 cm³/mol. The van der Waals surface area contributed by atoms with Crippen LogP contribution < -0.4 is 0 Å². The number of benzene rings is 2. The lowest BCUT2D eigenvalue weighted by Crippen LogP contribution is -1.81. The van der Waals surface area contributed by atoms with Gasteiger partial charge in [0.25, 0.3) is 0 Å². The highest BCUT2D eigenvalue weighted by molar-refractivity contribution is 6.30. The van der Waals surface area contributed by atoms with Gasteiger partial charge in [-0.3, -0.25) is 0 Å². The van der Waals surface area contributed by atoms with E-state index in [0.29, 0.717) is 0 Å². The molecule has 16 heavy (non-hydrogen) atoms. The summed E-state index contributed by atoms with van der Waals surface area (Å²) in [7, 11) is 0. The molecule has 2 rings (SSSR count). The fourth-order valence-corrected chi connectivity index (χ4v) is 1.71. The van der Waals surface area contributed by atoms with Gasteiger partial charge in [-0.05, 0) is 36.6 Å². The van der Waals surface area contributed by atoms with Gasteiger partial charge in [0.2, 0.25) is 0 Å². The summed E-state index contributed by atoms with van der Waals surface area (Å²) >= 11 is 5.83. The maximum absolute atomic E-state index is 5.83. The summed E-state index contributed by atoms with van der Waals surface area (Å²) < 4.78 is 0. The van der Waals surface area contributed by atoms with Crippen LogP contribution in [0.5, 0.6) is 0 Å². The highest BCUT2D eigenvalue weighted by atomic mass is 35.5. The normalized spacial score (nSPS) is 9.19. The van der Waals surface area contributed by atoms with Gasteiger partial charge in [0.1, 0.15) is 0 Å². The minimum Gasteiger partial charge on any atom is -0.0843 e. The van der Waals surface area contributed by atoms with Gasteiger partial charge >= 0.3 is 0 Å². The molecule has 1 heteroatoms. The molecule has 0 aromatic heterocycles. The van der Waals surface area contributed by atoms with Crippen molar-refractivity contribution in [3.8, 4) is 0 Å². The van der Waals surface area contributed by atoms with Crippen LogP contribution in [0, 0.1) is 6.92 Å². The van der Waals surface area contributed by atoms with Crippen LogP contribution in [-0.2, 0) is 6.42 Å². The van der Waals surface area contributed by atoms with Crippen LogP contribution in [0.2, 0.25) is 5.02 Å². The van der Waals surface area contributed by atoms with Crippen molar-refractivity contribution >= 4 is 11.6 Å². The number of hydrogen-bond acceptors (Lipinski definition) is 0. The van der Waals surface area contributed by atoms with Gasteiger partial charge in [-0.1, -0.05) is 61.0 Å². The van der Waals surface area contributed by atoms with E-state index < -0.39 is 0 Å². The summed E-state index contributed by atoms with van der Waals surface area (Å²) in [6.45, 7) is 4.19. The first-order valence-electron chi connectivity index (χ1n) is 5.48. The molecule has 0 spiro atoms. The molecule has 2 aromatic rings. The molecule has 0 heterocycles. The quantitative estimate of drug-likeness (QED) is 0.656. The SMILES string of the molecule is CCc1cc(C)cc(Cl)c1.c1ccccc1. The first-order valence-corrected chi connectivity index (χ1v) is 5.86. The molecule has 2 aromatic carbocycles. The second-order valence-corrected chi connectivity index (χ2v) is 4.08. The van der Waals surface area contributed by atoms with Gasteiger partial charge in [-0.25, -0.2) is 0 Å². The summed E-state index contributed by atoms with van der Waals surface area (Å²) in [5.74, 6) is 0. The Labute approximate surface area is 103 Å². The molecule has 0 amide bonds. The molecule has 0 atom stereocenters. The molecule has 0 fully saturated rings. The summed E-state index contributed by atoms with van der Waals surface area (Å²) in [5, 5.41) is 0.844. The lowest BCUT2D eigenvalue weighted by Gasteiger charge is -1.98. The number of aryl methyl sites for hydroxylation is 2. The third kappa shape index (κ3) is 4.99. The first-order chi connectivity index (χ1) is 7.72. The maximum Gasteiger partial charge on any atom is 0.0411 e. The number of rotatable bonds is 1. The van der Waals surface area contributed by atoms with Gasteiger partial charge in [-0.15, -0.1) is 0 Å². The molecule has 0 unspecified atom stereocenters. The van der Waals surface area contributed by atoms with Crippen LogP contribution in [0.3, 0.4) is 0 Å². The second kappa shape index (κ2) is 7.08. The highest BCUT2D eigenvalue weighted by Crippen LogP contribution is 2.14. The fraction of sp³-hybridized carbons (Fsp3) is 0.200. The average Bonchev–Trinajstić information content (AvgIpc) is 2.31. The smallest absolute Gasteiger partial charge is 0.0411 e. The molecule has 0 aliphatic rings. The van der Waals surface area contributed by atoms with Crippen LogP contribution in [0.4, 0.5) is 0 Å². The zero-order valence-electron chi connectivity index (χ0n) is 9.78. The van der Waals surface area contributed by atoms with E-state index in [9.17, 15) is 0 Å². The molecule has 0 nitrogen and oxygen atoms in total. The van der Waals surface area contributed by atoms with E-state index >= 15 is 0 Å². The van der Waals surface area contributed by atoms with Gasteiger partial charge in [0, 0.05) is 5.02 Å². The van der Waals surface area contributed by atoms with Crippen LogP contribution in [-0.4, -0.2) is 0 Å². The number of halogens is 1. The minimum absolute atomic E-state index is 0.844. The Bertz CT molecular complexity index is 360. The predicted octanol–water partition coefficient (Wildman–Crippen LogP) is 4.90. The van der Waals surface area contributed by atoms with Crippen molar-refractivity contribution in [3.63, 3.8) is 0 Å². The second-order valence-electron chi connectivity index (χ2n) is 3.65. The zero-order valence-corrected chi connectivity index (χ0v) is 10.5. The lowest BCUT2D eigenvalue weighted by molar-refractivity contribution is 1.13. The third-order valence-corrected chi connectivity index (χ3v) is 2.40. The molecule has 0 saturated carbocycles. The van der Waals surface area contributed by atoms with Gasteiger partial charge in [-0.2, -0.15) is 0 Å². The average molecular weight is 233 g/mol. The minimum atomic E-state index is 0.844. The molecular weight excluding hydrogens is 216 g/mol. The van der Waals surface area contributed by atoms with Crippen molar-refractivity contribution in [2.75, 3.05) is 0 Å². The van der Waals surface area contributed by atoms with Crippen LogP contribution in [0.25, 0.3) is 0 Å². The van der Waals surface area contributed by atoms with Crippen molar-refractivity contribution in [1.29, 1.82) is 0 Å². The molecule has 0 N–H and O–H groups in total. The summed E-state index contributed by atoms with van der Waals surface area (Å²) in [4.78, 5) is 0. The van der Waals surface area contributed by atoms with E-state index in [1.807, 2.05) is 48.5 Å². The molecule has 0 saturated heterocycles. The van der Waals surface area contributed by atoms with Crippen molar-refractivity contribution in [1.82, 2.24) is 0 Å². The third-order valence-electron chi connectivity index (χ3n) is 2.18. The molecule has 0 aliphatic carbocycles. The largest absolute Gasteiger partial charge is 0.0843 e. The van der Waals surface area contributed by atoms with Gasteiger partial charge in [0.05, 0.1) is 0 Å². The first kappa shape index (κ1) is 12.8. The fourth-order valence-electron chi connectivity index (χ4n) is 1.40. The Hall–Kier alpha value is -1.27. The van der Waals surface area contributed by atoms with Gasteiger partial charge < -0.3 is 0 Å². The summed E-state index contributed by atoms with van der Waals surface area (Å²) in [5.41, 5.74) is 2.55. The maximum atomic E-state index is 5.83. The molecule has 0 bridgehead atoms. The van der Waals surface area contributed by atoms with E-state index in [0.717, 1.165) is 11.4 Å². The Balaban J connectivity index is 0.000000181. The number of hydrogen-bond donors (Lipinski definition) is 0. The van der Waals surface area contributed by atoms with Crippen molar-refractivity contribution < 1.29 is 0 Å². The van der Waals surface area contributed by atoms with E-state index in [1.165, 1.54) is 11.1 Å². The van der Waals surface area contributed by atoms with Crippen molar-refractivity contribution in [2.45, 2.75) is 20.3 Å². The molecular formula is C15H17Cl. The Kier molecular flexibility index (Phi) is 5.66. The van der Waals surface area contributed by atoms with Gasteiger partial charge in [0.15, 0.2) is 0 Å². The standard InChI is InChI=1S/C9H11Cl.C6H6/c1-3-8-4-7(2)5-9(10)6-8;1-2-4-6-5-3-1/h4-6H,3H2,1-2H3;1-6H. The van der Waals surface area contributed by atoms with Crippen LogP contribution in [0.15, 0.2) is 54.6 Å². The summed E-state index contributed by atoms with van der Waals surface area (Å²) in [6, 6.07) is 18.1. The van der Waals surface area contributed by atoms with E-state index in [1.54, 1.807) is 0 Å². The Morgan fingerprint density at radius 3 is 1.75 bits per heavy atom. The lowest BCUT2D eigenvalue weighted by atomic mass is 10.1. The van der Waals surface area contributed by atoms with E-state index in [2.05, 4.69) is 19.9 Å². The van der Waals surface area contributed by atoms with Crippen molar-refractivity contribution in [2.24, 2.45) is 0 Å². The highest BCUT2D eigenvalue weighted by Gasteiger charge is 1.92. The van der Waals surface area contributed by atoms with Crippen LogP contribution >= 0.6 is 11.6 Å². The zero-order chi connectivity index (χ0) is 11.8. The molecule has 0 radical (unpaired) electrons. The monoisotopic (exact) mass is 232 g/mol. The Morgan fingerprint density at radius 1 is 0.875 bits per heavy atom. The molecule has 84 valence electrons. The topological polar surface area (TPSA) is 0 Å². The van der Waals surface area contributed by atoms with E-state index in [4.69, 9.17) is 11.6 Å². The van der Waals surface area contributed by atoms with E-state index in [-0.39, 0.29) is 0 Å². The summed E-state index contributed by atoms with van der Waals surface area (Å²) in [6.07, 6.45) is 1.06. The Morgan fingerprint density at radius 2 is 1.38 bits per heavy atom. The van der Waals surface area contributed by atoms with Crippen molar-refractivity contribution in [3.05, 3.63) is 70.7 Å².